The summed E-state index contributed by atoms with van der Waals surface area (Å²) in [6, 6.07) is 14.7. The minimum absolute atomic E-state index is 0.129. The van der Waals surface area contributed by atoms with Crippen LogP contribution in [0.3, 0.4) is 0 Å². The van der Waals surface area contributed by atoms with Gasteiger partial charge in [0, 0.05) is 21.9 Å². The largest absolute Gasteiger partial charge is 0.483 e. The molecule has 0 bridgehead atoms. The second-order valence-electron chi connectivity index (χ2n) is 5.55. The van der Waals surface area contributed by atoms with Crippen LogP contribution in [0.1, 0.15) is 12.5 Å². The molecule has 0 radical (unpaired) electrons. The molecule has 6 nitrogen and oxygen atoms in total. The third-order valence-corrected chi connectivity index (χ3v) is 3.84. The van der Waals surface area contributed by atoms with Crippen LogP contribution in [0.2, 0.25) is 0 Å². The monoisotopic (exact) mass is 417 g/mol. The van der Waals surface area contributed by atoms with Crippen molar-refractivity contribution >= 4 is 33.4 Å². The minimum atomic E-state index is -0.352. The van der Waals surface area contributed by atoms with E-state index in [1.807, 2.05) is 37.3 Å². The van der Waals surface area contributed by atoms with Gasteiger partial charge in [-0.25, -0.2) is 0 Å². The Kier molecular flexibility index (Phi) is 7.23. The molecule has 0 spiro atoms. The van der Waals surface area contributed by atoms with E-state index in [1.165, 1.54) is 6.08 Å². The predicted octanol–water partition coefficient (Wildman–Crippen LogP) is 3.30. The first kappa shape index (κ1) is 19.5. The number of carbonyl (C=O) groups is 2. The van der Waals surface area contributed by atoms with Crippen molar-refractivity contribution in [2.45, 2.75) is 13.8 Å². The predicted molar refractivity (Wildman–Crippen MR) is 104 cm³/mol. The lowest BCUT2D eigenvalue weighted by atomic mass is 10.2. The van der Waals surface area contributed by atoms with E-state index in [0.717, 1.165) is 10.0 Å². The number of halogens is 1. The average molecular weight is 418 g/mol. The fourth-order valence-corrected chi connectivity index (χ4v) is 2.27. The number of allylic oxidation sites excluding steroid dienone is 1. The fourth-order valence-electron chi connectivity index (χ4n) is 2.01. The lowest BCUT2D eigenvalue weighted by Crippen LogP contribution is -2.39. The average Bonchev–Trinajstić information content (AvgIpc) is 2.61. The molecule has 2 rings (SSSR count). The van der Waals surface area contributed by atoms with E-state index < -0.39 is 0 Å². The van der Waals surface area contributed by atoms with Crippen molar-refractivity contribution < 1.29 is 14.3 Å². The number of rotatable bonds is 7. The second-order valence-corrected chi connectivity index (χ2v) is 6.47. The van der Waals surface area contributed by atoms with E-state index >= 15 is 0 Å². The van der Waals surface area contributed by atoms with Crippen LogP contribution in [0.15, 0.2) is 64.8 Å². The summed E-state index contributed by atoms with van der Waals surface area (Å²) >= 11 is 3.33. The van der Waals surface area contributed by atoms with Gasteiger partial charge < -0.3 is 15.5 Å². The van der Waals surface area contributed by atoms with Crippen molar-refractivity contribution in [3.63, 3.8) is 0 Å². The van der Waals surface area contributed by atoms with Crippen LogP contribution in [-0.2, 0) is 9.59 Å². The number of hydrogen-bond donors (Lipinski definition) is 3. The quantitative estimate of drug-likeness (QED) is 0.476. The Morgan fingerprint density at radius 2 is 1.77 bits per heavy atom. The third-order valence-electron chi connectivity index (χ3n) is 3.31. The van der Waals surface area contributed by atoms with Crippen LogP contribution in [0.25, 0.3) is 0 Å². The second kappa shape index (κ2) is 9.62. The summed E-state index contributed by atoms with van der Waals surface area (Å²) in [6.45, 7) is 3.45. The molecule has 0 aromatic heterocycles. The number of hydrogen-bond acceptors (Lipinski definition) is 4. The first-order valence-corrected chi connectivity index (χ1v) is 8.71. The number of amides is 2. The number of anilines is 1. The number of hydrazine groups is 1. The highest BCUT2D eigenvalue weighted by molar-refractivity contribution is 9.10. The van der Waals surface area contributed by atoms with Crippen LogP contribution in [0.5, 0.6) is 5.75 Å². The van der Waals surface area contributed by atoms with Crippen molar-refractivity contribution in [2.75, 3.05) is 11.9 Å². The molecule has 2 amide bonds. The van der Waals surface area contributed by atoms with E-state index in [0.29, 0.717) is 17.1 Å². The van der Waals surface area contributed by atoms with Gasteiger partial charge in [-0.3, -0.25) is 15.0 Å². The van der Waals surface area contributed by atoms with Crippen LogP contribution in [0.4, 0.5) is 5.69 Å². The summed E-state index contributed by atoms with van der Waals surface area (Å²) in [6.07, 6.45) is 1.35. The molecule has 0 unspecified atom stereocenters. The molecule has 7 heteroatoms. The zero-order valence-electron chi connectivity index (χ0n) is 14.5. The highest BCUT2D eigenvalue weighted by Crippen LogP contribution is 2.16. The Morgan fingerprint density at radius 3 is 2.46 bits per heavy atom. The van der Waals surface area contributed by atoms with Gasteiger partial charge in [-0.1, -0.05) is 34.1 Å². The van der Waals surface area contributed by atoms with Crippen LogP contribution in [-0.4, -0.2) is 18.4 Å². The first-order valence-electron chi connectivity index (χ1n) is 7.92. The number of nitrogens with one attached hydrogen (secondary N) is 3. The summed E-state index contributed by atoms with van der Waals surface area (Å²) in [5, 5.41) is 2.73. The molecule has 136 valence electrons. The minimum Gasteiger partial charge on any atom is -0.483 e. The van der Waals surface area contributed by atoms with Crippen molar-refractivity contribution in [2.24, 2.45) is 0 Å². The molecule has 0 heterocycles. The summed E-state index contributed by atoms with van der Waals surface area (Å²) in [5.74, 6) is 0.000780. The van der Waals surface area contributed by atoms with Gasteiger partial charge in [-0.15, -0.1) is 0 Å². The number of carbonyl (C=O) groups excluding carboxylic acids is 2. The van der Waals surface area contributed by atoms with E-state index in [2.05, 4.69) is 32.1 Å². The Morgan fingerprint density at radius 1 is 1.08 bits per heavy atom. The summed E-state index contributed by atoms with van der Waals surface area (Å²) in [7, 11) is 0. The Balaban J connectivity index is 1.75. The van der Waals surface area contributed by atoms with Gasteiger partial charge in [0.1, 0.15) is 5.75 Å². The molecule has 2 aromatic carbocycles. The van der Waals surface area contributed by atoms with E-state index in [9.17, 15) is 9.59 Å². The van der Waals surface area contributed by atoms with Gasteiger partial charge in [0.25, 0.3) is 5.91 Å². The Hall–Kier alpha value is -2.80. The number of aryl methyl sites for hydroxylation is 1. The van der Waals surface area contributed by atoms with E-state index in [-0.39, 0.29) is 18.4 Å². The Labute approximate surface area is 160 Å². The van der Waals surface area contributed by atoms with Crippen molar-refractivity contribution in [1.29, 1.82) is 0 Å². The topological polar surface area (TPSA) is 79.5 Å². The molecular weight excluding hydrogens is 398 g/mol. The smallest absolute Gasteiger partial charge is 0.276 e. The molecular formula is C19H20BrN3O3. The molecule has 2 aromatic rings. The van der Waals surface area contributed by atoms with Crippen molar-refractivity contribution in [1.82, 2.24) is 10.9 Å². The first-order chi connectivity index (χ1) is 12.4. The van der Waals surface area contributed by atoms with Crippen molar-refractivity contribution in [3.8, 4) is 5.75 Å². The molecule has 0 atom stereocenters. The maximum atomic E-state index is 11.9. The highest BCUT2D eigenvalue weighted by atomic mass is 79.9. The molecule has 0 fully saturated rings. The fraction of sp³-hybridized carbons (Fsp3) is 0.158. The SMILES string of the molecule is CC(=CC(=O)Nc1ccc(Br)cc1)NNC(=O)COc1ccccc1C. The third kappa shape index (κ3) is 6.60. The van der Waals surface area contributed by atoms with Gasteiger partial charge in [0.2, 0.25) is 5.91 Å². The maximum absolute atomic E-state index is 11.9. The number of ether oxygens (including phenoxy) is 1. The highest BCUT2D eigenvalue weighted by Gasteiger charge is 2.05. The summed E-state index contributed by atoms with van der Waals surface area (Å²) < 4.78 is 6.38. The molecule has 3 N–H and O–H groups in total. The van der Waals surface area contributed by atoms with Crippen molar-refractivity contribution in [3.05, 3.63) is 70.3 Å². The van der Waals surface area contributed by atoms with Gasteiger partial charge in [-0.2, -0.15) is 0 Å². The van der Waals surface area contributed by atoms with E-state index in [1.54, 1.807) is 25.1 Å². The van der Waals surface area contributed by atoms with Crippen LogP contribution in [0, 0.1) is 6.92 Å². The molecule has 26 heavy (non-hydrogen) atoms. The van der Waals surface area contributed by atoms with Crippen LogP contribution < -0.4 is 20.9 Å². The molecule has 0 saturated heterocycles. The van der Waals surface area contributed by atoms with Gasteiger partial charge >= 0.3 is 0 Å². The van der Waals surface area contributed by atoms with Gasteiger partial charge in [-0.05, 0) is 49.7 Å². The van der Waals surface area contributed by atoms with Gasteiger partial charge in [0.15, 0.2) is 6.61 Å². The summed E-state index contributed by atoms with van der Waals surface area (Å²) in [5.41, 5.74) is 7.27. The molecule has 0 aliphatic rings. The zero-order chi connectivity index (χ0) is 18.9. The lowest BCUT2D eigenvalue weighted by molar-refractivity contribution is -0.124. The van der Waals surface area contributed by atoms with E-state index in [4.69, 9.17) is 4.74 Å². The Bertz CT molecular complexity index is 804. The lowest BCUT2D eigenvalue weighted by Gasteiger charge is -2.11. The number of para-hydroxylation sites is 1. The number of benzene rings is 2. The van der Waals surface area contributed by atoms with Crippen LogP contribution >= 0.6 is 15.9 Å². The normalized spacial score (nSPS) is 10.8. The standard InChI is InChI=1S/C19H20BrN3O3/c1-13-5-3-4-6-17(13)26-12-19(25)23-22-14(2)11-18(24)21-16-9-7-15(20)8-10-16/h3-11,22H,12H2,1-2H3,(H,21,24)(H,23,25). The molecule has 0 saturated carbocycles. The zero-order valence-corrected chi connectivity index (χ0v) is 16.1. The summed E-state index contributed by atoms with van der Waals surface area (Å²) in [4.78, 5) is 23.7. The van der Waals surface area contributed by atoms with Gasteiger partial charge in [0.05, 0.1) is 0 Å². The molecule has 0 aliphatic heterocycles. The maximum Gasteiger partial charge on any atom is 0.276 e. The molecule has 0 aliphatic carbocycles.